The molecule has 0 saturated carbocycles. The lowest BCUT2D eigenvalue weighted by atomic mass is 10.2. The number of benzene rings is 2. The predicted octanol–water partition coefficient (Wildman–Crippen LogP) is 4.22. The minimum atomic E-state index is -0.469. The van der Waals surface area contributed by atoms with Gasteiger partial charge in [-0.1, -0.05) is 29.8 Å². The molecule has 0 fully saturated rings. The van der Waals surface area contributed by atoms with Gasteiger partial charge < -0.3 is 15.4 Å². The third kappa shape index (κ3) is 4.44. The first-order valence-corrected chi connectivity index (χ1v) is 8.71. The van der Waals surface area contributed by atoms with Gasteiger partial charge in [-0.05, 0) is 48.9 Å². The average Bonchev–Trinajstić information content (AvgIpc) is 2.71. The van der Waals surface area contributed by atoms with E-state index in [4.69, 9.17) is 16.3 Å². The van der Waals surface area contributed by atoms with Gasteiger partial charge in [0.25, 0.3) is 5.91 Å². The number of carbonyl (C=O) groups is 2. The third-order valence-electron chi connectivity index (χ3n) is 3.92. The molecule has 0 aliphatic heterocycles. The van der Waals surface area contributed by atoms with Crippen LogP contribution in [0, 0.1) is 6.92 Å². The topological polar surface area (TPSA) is 93.2 Å². The minimum absolute atomic E-state index is 0.142. The molecule has 0 aliphatic rings. The van der Waals surface area contributed by atoms with E-state index in [9.17, 15) is 9.59 Å². The van der Waals surface area contributed by atoms with Crippen molar-refractivity contribution in [2.24, 2.45) is 0 Å². The van der Waals surface area contributed by atoms with Gasteiger partial charge in [0.2, 0.25) is 0 Å². The molecular weight excluding hydrogens is 380 g/mol. The van der Waals surface area contributed by atoms with Gasteiger partial charge in [-0.25, -0.2) is 4.79 Å². The van der Waals surface area contributed by atoms with E-state index in [0.29, 0.717) is 27.8 Å². The van der Waals surface area contributed by atoms with Crippen LogP contribution in [0.5, 0.6) is 0 Å². The molecule has 0 atom stereocenters. The Bertz CT molecular complexity index is 1020. The van der Waals surface area contributed by atoms with Crippen LogP contribution in [0.4, 0.5) is 17.2 Å². The summed E-state index contributed by atoms with van der Waals surface area (Å²) in [5.41, 5.74) is 2.52. The quantitative estimate of drug-likeness (QED) is 0.627. The lowest BCUT2D eigenvalue weighted by molar-refractivity contribution is 0.0601. The number of hydrogen-bond acceptors (Lipinski definition) is 6. The van der Waals surface area contributed by atoms with Crippen LogP contribution in [0.3, 0.4) is 0 Å². The number of carbonyl (C=O) groups excluding carboxylic acids is 2. The normalized spacial score (nSPS) is 10.2. The molecule has 0 unspecified atom stereocenters. The highest BCUT2D eigenvalue weighted by molar-refractivity contribution is 6.31. The summed E-state index contributed by atoms with van der Waals surface area (Å²) in [6.07, 6.45) is 0. The molecular formula is C20H17ClN4O3. The highest BCUT2D eigenvalue weighted by Crippen LogP contribution is 2.21. The summed E-state index contributed by atoms with van der Waals surface area (Å²) in [6, 6.07) is 15.2. The maximum absolute atomic E-state index is 12.3. The van der Waals surface area contributed by atoms with Crippen molar-refractivity contribution in [1.29, 1.82) is 0 Å². The molecule has 0 radical (unpaired) electrons. The Labute approximate surface area is 166 Å². The van der Waals surface area contributed by atoms with Crippen LogP contribution in [-0.4, -0.2) is 29.2 Å². The fourth-order valence-electron chi connectivity index (χ4n) is 2.40. The Hall–Kier alpha value is -3.45. The van der Waals surface area contributed by atoms with Gasteiger partial charge in [-0.2, -0.15) is 0 Å². The molecule has 0 bridgehead atoms. The van der Waals surface area contributed by atoms with Crippen LogP contribution in [-0.2, 0) is 4.74 Å². The second-order valence-corrected chi connectivity index (χ2v) is 6.29. The van der Waals surface area contributed by atoms with Crippen molar-refractivity contribution in [1.82, 2.24) is 10.2 Å². The van der Waals surface area contributed by atoms with Gasteiger partial charge in [0, 0.05) is 10.7 Å². The van der Waals surface area contributed by atoms with E-state index in [1.807, 2.05) is 13.0 Å². The van der Waals surface area contributed by atoms with Gasteiger partial charge in [0.1, 0.15) is 0 Å². The number of aryl methyl sites for hydroxylation is 1. The molecule has 1 amide bonds. The molecule has 3 aromatic rings. The number of rotatable bonds is 5. The van der Waals surface area contributed by atoms with Crippen molar-refractivity contribution in [3.8, 4) is 0 Å². The fraction of sp³-hybridized carbons (Fsp3) is 0.100. The van der Waals surface area contributed by atoms with Crippen LogP contribution >= 0.6 is 11.6 Å². The van der Waals surface area contributed by atoms with Crippen LogP contribution < -0.4 is 10.6 Å². The highest BCUT2D eigenvalue weighted by atomic mass is 35.5. The molecule has 0 spiro atoms. The summed E-state index contributed by atoms with van der Waals surface area (Å²) in [5, 5.41) is 14.2. The van der Waals surface area contributed by atoms with Gasteiger partial charge in [-0.3, -0.25) is 4.79 Å². The Balaban J connectivity index is 1.72. The smallest absolute Gasteiger partial charge is 0.339 e. The number of ether oxygens (including phenoxy) is 1. The van der Waals surface area contributed by atoms with Crippen molar-refractivity contribution < 1.29 is 14.3 Å². The predicted molar refractivity (Wildman–Crippen MR) is 107 cm³/mol. The summed E-state index contributed by atoms with van der Waals surface area (Å²) in [5.74, 6) is -0.496. The summed E-state index contributed by atoms with van der Waals surface area (Å²) in [4.78, 5) is 24.1. The molecule has 2 aromatic carbocycles. The van der Waals surface area contributed by atoms with Crippen molar-refractivity contribution in [3.63, 3.8) is 0 Å². The van der Waals surface area contributed by atoms with Gasteiger partial charge in [-0.15, -0.1) is 10.2 Å². The van der Waals surface area contributed by atoms with Gasteiger partial charge >= 0.3 is 5.97 Å². The first kappa shape index (κ1) is 19.3. The summed E-state index contributed by atoms with van der Waals surface area (Å²) in [7, 11) is 1.31. The fourth-order valence-corrected chi connectivity index (χ4v) is 2.58. The molecule has 3 rings (SSSR count). The van der Waals surface area contributed by atoms with E-state index in [-0.39, 0.29) is 5.69 Å². The number of aromatic nitrogens is 2. The second kappa shape index (κ2) is 8.49. The average molecular weight is 397 g/mol. The zero-order valence-corrected chi connectivity index (χ0v) is 15.9. The lowest BCUT2D eigenvalue weighted by Gasteiger charge is -2.10. The monoisotopic (exact) mass is 396 g/mol. The van der Waals surface area contributed by atoms with E-state index in [2.05, 4.69) is 20.8 Å². The largest absolute Gasteiger partial charge is 0.465 e. The molecule has 2 N–H and O–H groups in total. The number of hydrogen-bond donors (Lipinski definition) is 2. The standard InChI is InChI=1S/C20H17ClN4O3/c1-12-7-8-13(11-15(12)21)22-19(26)17-9-10-18(25-24-17)23-16-6-4-3-5-14(16)20(27)28-2/h3-11H,1-2H3,(H,22,26)(H,23,25). The molecule has 7 nitrogen and oxygen atoms in total. The van der Waals surface area contributed by atoms with Crippen LogP contribution in [0.2, 0.25) is 5.02 Å². The summed E-state index contributed by atoms with van der Waals surface area (Å²) < 4.78 is 4.76. The molecule has 0 saturated heterocycles. The Morgan fingerprint density at radius 3 is 2.50 bits per heavy atom. The molecule has 1 aromatic heterocycles. The SMILES string of the molecule is COC(=O)c1ccccc1Nc1ccc(C(=O)Nc2ccc(C)c(Cl)c2)nn1. The summed E-state index contributed by atoms with van der Waals surface area (Å²) >= 11 is 6.07. The third-order valence-corrected chi connectivity index (χ3v) is 4.33. The lowest BCUT2D eigenvalue weighted by Crippen LogP contribution is -2.14. The number of halogens is 1. The number of amides is 1. The number of para-hydroxylation sites is 1. The van der Waals surface area contributed by atoms with Gasteiger partial charge in [0.15, 0.2) is 11.5 Å². The van der Waals surface area contributed by atoms with Crippen molar-refractivity contribution in [2.75, 3.05) is 17.7 Å². The summed E-state index contributed by atoms with van der Waals surface area (Å²) in [6.45, 7) is 1.88. The van der Waals surface area contributed by atoms with Crippen molar-refractivity contribution in [3.05, 3.63) is 76.4 Å². The maximum Gasteiger partial charge on any atom is 0.339 e. The number of nitrogens with one attached hydrogen (secondary N) is 2. The Kier molecular flexibility index (Phi) is 5.86. The van der Waals surface area contributed by atoms with E-state index in [1.54, 1.807) is 42.5 Å². The molecule has 28 heavy (non-hydrogen) atoms. The van der Waals surface area contributed by atoms with Crippen molar-refractivity contribution >= 4 is 40.7 Å². The zero-order valence-electron chi connectivity index (χ0n) is 15.2. The molecule has 1 heterocycles. The van der Waals surface area contributed by atoms with Crippen LogP contribution in [0.1, 0.15) is 26.4 Å². The first-order chi connectivity index (χ1) is 13.5. The van der Waals surface area contributed by atoms with Crippen molar-refractivity contribution in [2.45, 2.75) is 6.92 Å². The number of anilines is 3. The maximum atomic E-state index is 12.3. The highest BCUT2D eigenvalue weighted by Gasteiger charge is 2.13. The van der Waals surface area contributed by atoms with Crippen LogP contribution in [0.25, 0.3) is 0 Å². The van der Waals surface area contributed by atoms with E-state index < -0.39 is 11.9 Å². The zero-order chi connectivity index (χ0) is 20.1. The second-order valence-electron chi connectivity index (χ2n) is 5.88. The number of esters is 1. The van der Waals surface area contributed by atoms with E-state index >= 15 is 0 Å². The number of methoxy groups -OCH3 is 1. The Morgan fingerprint density at radius 2 is 1.82 bits per heavy atom. The molecule has 142 valence electrons. The van der Waals surface area contributed by atoms with E-state index in [1.165, 1.54) is 13.2 Å². The van der Waals surface area contributed by atoms with E-state index in [0.717, 1.165) is 5.56 Å². The Morgan fingerprint density at radius 1 is 1.04 bits per heavy atom. The van der Waals surface area contributed by atoms with Gasteiger partial charge in [0.05, 0.1) is 18.4 Å². The molecule has 8 heteroatoms. The number of nitrogens with zero attached hydrogens (tertiary/aromatic N) is 2. The van der Waals surface area contributed by atoms with Crippen LogP contribution in [0.15, 0.2) is 54.6 Å². The molecule has 0 aliphatic carbocycles. The minimum Gasteiger partial charge on any atom is -0.465 e. The first-order valence-electron chi connectivity index (χ1n) is 8.33.